The quantitative estimate of drug-likeness (QED) is 0.867. The molecule has 0 aromatic carbocycles. The fraction of sp³-hybridized carbons (Fsp3) is 0.875. The summed E-state index contributed by atoms with van der Waals surface area (Å²) in [5.74, 6) is 0.0709. The summed E-state index contributed by atoms with van der Waals surface area (Å²) in [6, 6.07) is 0. The van der Waals surface area contributed by atoms with Crippen molar-refractivity contribution in [3.05, 3.63) is 0 Å². The molecule has 0 bridgehead atoms. The summed E-state index contributed by atoms with van der Waals surface area (Å²) in [6.07, 6.45) is 0.00983. The second kappa shape index (κ2) is 6.67. The van der Waals surface area contributed by atoms with E-state index in [0.29, 0.717) is 13.0 Å². The molecule has 0 aromatic heterocycles. The van der Waals surface area contributed by atoms with E-state index >= 15 is 0 Å². The van der Waals surface area contributed by atoms with Gasteiger partial charge in [-0.15, -0.1) is 0 Å². The lowest BCUT2D eigenvalue weighted by Crippen LogP contribution is -2.53. The van der Waals surface area contributed by atoms with E-state index in [9.17, 15) is 9.59 Å². The average Bonchev–Trinajstić information content (AvgIpc) is 2.08. The minimum atomic E-state index is -0.551. The molecule has 124 valence electrons. The topological polar surface area (TPSA) is 58.6 Å². The lowest BCUT2D eigenvalue weighted by molar-refractivity contribution is -0.132. The third-order valence-corrected chi connectivity index (χ3v) is 2.58. The molecule has 0 aliphatic rings. The Kier molecular flexibility index (Phi) is 6.27. The van der Waals surface area contributed by atoms with Crippen molar-refractivity contribution >= 4 is 12.0 Å². The Bertz CT molecular complexity index is 376. The molecular formula is C16H32N2O3. The standard InChI is InChI=1S/C16H32N2O3/c1-14(2,3)10-12(19)18(9)11-16(7,8)17-13(20)21-15(4,5)6/h10-11H2,1-9H3,(H,17,20). The van der Waals surface area contributed by atoms with Crippen LogP contribution in [0.2, 0.25) is 0 Å². The summed E-state index contributed by atoms with van der Waals surface area (Å²) in [7, 11) is 1.76. The highest BCUT2D eigenvalue weighted by atomic mass is 16.6. The van der Waals surface area contributed by atoms with E-state index in [2.05, 4.69) is 5.32 Å². The van der Waals surface area contributed by atoms with Gasteiger partial charge in [0.2, 0.25) is 5.91 Å². The Morgan fingerprint density at radius 2 is 1.48 bits per heavy atom. The number of amides is 2. The van der Waals surface area contributed by atoms with Crippen molar-refractivity contribution in [3.8, 4) is 0 Å². The number of carbonyl (C=O) groups excluding carboxylic acids is 2. The predicted octanol–water partition coefficient (Wildman–Crippen LogP) is 3.18. The van der Waals surface area contributed by atoms with Crippen molar-refractivity contribution < 1.29 is 14.3 Å². The van der Waals surface area contributed by atoms with Gasteiger partial charge in [0, 0.05) is 20.0 Å². The molecule has 0 spiro atoms. The minimum absolute atomic E-state index is 0.0475. The van der Waals surface area contributed by atoms with Gasteiger partial charge in [-0.25, -0.2) is 4.79 Å². The van der Waals surface area contributed by atoms with Gasteiger partial charge in [0.05, 0.1) is 5.54 Å². The second-order valence-electron chi connectivity index (χ2n) is 8.50. The van der Waals surface area contributed by atoms with Gasteiger partial charge in [-0.05, 0) is 40.0 Å². The van der Waals surface area contributed by atoms with Gasteiger partial charge in [0.1, 0.15) is 5.60 Å². The highest BCUT2D eigenvalue weighted by Crippen LogP contribution is 2.20. The van der Waals surface area contributed by atoms with E-state index in [-0.39, 0.29) is 11.3 Å². The Labute approximate surface area is 129 Å². The van der Waals surface area contributed by atoms with Gasteiger partial charge < -0.3 is 15.0 Å². The molecule has 0 saturated heterocycles. The molecule has 1 N–H and O–H groups in total. The fourth-order valence-corrected chi connectivity index (χ4v) is 1.89. The molecule has 0 saturated carbocycles. The SMILES string of the molecule is CN(CC(C)(C)NC(=O)OC(C)(C)C)C(=O)CC(C)(C)C. The van der Waals surface area contributed by atoms with Crippen molar-refractivity contribution in [2.75, 3.05) is 13.6 Å². The van der Waals surface area contributed by atoms with Gasteiger partial charge in [-0.1, -0.05) is 20.8 Å². The van der Waals surface area contributed by atoms with Gasteiger partial charge >= 0.3 is 6.09 Å². The Morgan fingerprint density at radius 3 is 1.86 bits per heavy atom. The molecule has 0 atom stereocenters. The number of hydrogen-bond donors (Lipinski definition) is 1. The zero-order valence-corrected chi connectivity index (χ0v) is 15.1. The smallest absolute Gasteiger partial charge is 0.408 e. The molecule has 0 radical (unpaired) electrons. The zero-order chi connectivity index (χ0) is 17.1. The number of ether oxygens (including phenoxy) is 1. The van der Waals surface area contributed by atoms with Gasteiger partial charge in [0.15, 0.2) is 0 Å². The van der Waals surface area contributed by atoms with E-state index in [0.717, 1.165) is 0 Å². The van der Waals surface area contributed by atoms with Crippen molar-refractivity contribution in [1.82, 2.24) is 10.2 Å². The maximum Gasteiger partial charge on any atom is 0.408 e. The lowest BCUT2D eigenvalue weighted by Gasteiger charge is -2.33. The molecule has 0 unspecified atom stereocenters. The van der Waals surface area contributed by atoms with E-state index < -0.39 is 17.2 Å². The van der Waals surface area contributed by atoms with Gasteiger partial charge in [0.25, 0.3) is 0 Å². The van der Waals surface area contributed by atoms with Crippen LogP contribution in [0.5, 0.6) is 0 Å². The minimum Gasteiger partial charge on any atom is -0.444 e. The van der Waals surface area contributed by atoms with Gasteiger partial charge in [-0.2, -0.15) is 0 Å². The fourth-order valence-electron chi connectivity index (χ4n) is 1.89. The van der Waals surface area contributed by atoms with Crippen LogP contribution in [0.1, 0.15) is 61.8 Å². The predicted molar refractivity (Wildman–Crippen MR) is 85.2 cm³/mol. The number of nitrogens with zero attached hydrogens (tertiary/aromatic N) is 1. The van der Waals surface area contributed by atoms with Crippen molar-refractivity contribution in [1.29, 1.82) is 0 Å². The first-order valence-electron chi connectivity index (χ1n) is 7.36. The third kappa shape index (κ3) is 10.2. The normalized spacial score (nSPS) is 12.8. The molecule has 0 aromatic rings. The zero-order valence-electron chi connectivity index (χ0n) is 15.1. The Hall–Kier alpha value is -1.26. The summed E-state index contributed by atoms with van der Waals surface area (Å²) >= 11 is 0. The highest BCUT2D eigenvalue weighted by Gasteiger charge is 2.28. The van der Waals surface area contributed by atoms with Crippen LogP contribution in [0.15, 0.2) is 0 Å². The van der Waals surface area contributed by atoms with Crippen molar-refractivity contribution in [2.45, 2.75) is 73.0 Å². The van der Waals surface area contributed by atoms with E-state index in [1.54, 1.807) is 11.9 Å². The first-order chi connectivity index (χ1) is 9.11. The van der Waals surface area contributed by atoms with Crippen molar-refractivity contribution in [2.24, 2.45) is 5.41 Å². The monoisotopic (exact) mass is 300 g/mol. The number of hydrogen-bond acceptors (Lipinski definition) is 3. The first kappa shape index (κ1) is 19.7. The summed E-state index contributed by atoms with van der Waals surface area (Å²) < 4.78 is 5.24. The van der Waals surface area contributed by atoms with Crippen LogP contribution in [0.3, 0.4) is 0 Å². The third-order valence-electron chi connectivity index (χ3n) is 2.58. The van der Waals surface area contributed by atoms with E-state index in [1.165, 1.54) is 0 Å². The van der Waals surface area contributed by atoms with Crippen LogP contribution < -0.4 is 5.32 Å². The molecule has 0 fully saturated rings. The maximum absolute atomic E-state index is 12.1. The van der Waals surface area contributed by atoms with E-state index in [1.807, 2.05) is 55.4 Å². The summed E-state index contributed by atoms with van der Waals surface area (Å²) in [5, 5.41) is 2.81. The van der Waals surface area contributed by atoms with Crippen LogP contribution in [0.4, 0.5) is 4.79 Å². The molecule has 0 aliphatic carbocycles. The first-order valence-corrected chi connectivity index (χ1v) is 7.36. The van der Waals surface area contributed by atoms with Crippen LogP contribution >= 0.6 is 0 Å². The second-order valence-corrected chi connectivity index (χ2v) is 8.50. The number of rotatable bonds is 4. The van der Waals surface area contributed by atoms with Crippen LogP contribution in [-0.2, 0) is 9.53 Å². The van der Waals surface area contributed by atoms with Gasteiger partial charge in [-0.3, -0.25) is 4.79 Å². The molecule has 5 nitrogen and oxygen atoms in total. The maximum atomic E-state index is 12.1. The largest absolute Gasteiger partial charge is 0.444 e. The molecular weight excluding hydrogens is 268 g/mol. The average molecular weight is 300 g/mol. The number of nitrogens with one attached hydrogen (secondary N) is 1. The summed E-state index contributed by atoms with van der Waals surface area (Å²) in [6.45, 7) is 15.7. The summed E-state index contributed by atoms with van der Waals surface area (Å²) in [4.78, 5) is 25.6. The Balaban J connectivity index is 4.53. The Morgan fingerprint density at radius 1 is 1.00 bits per heavy atom. The van der Waals surface area contributed by atoms with E-state index in [4.69, 9.17) is 4.74 Å². The van der Waals surface area contributed by atoms with Crippen LogP contribution in [0, 0.1) is 5.41 Å². The molecule has 0 aliphatic heterocycles. The van der Waals surface area contributed by atoms with Crippen LogP contribution in [0.25, 0.3) is 0 Å². The molecule has 0 rings (SSSR count). The summed E-state index contributed by atoms with van der Waals surface area (Å²) in [5.41, 5.74) is -1.13. The van der Waals surface area contributed by atoms with Crippen molar-refractivity contribution in [3.63, 3.8) is 0 Å². The number of carbonyl (C=O) groups is 2. The molecule has 21 heavy (non-hydrogen) atoms. The lowest BCUT2D eigenvalue weighted by atomic mass is 9.91. The highest BCUT2D eigenvalue weighted by molar-refractivity contribution is 5.76. The number of alkyl carbamates (subject to hydrolysis) is 1. The van der Waals surface area contributed by atoms with Crippen LogP contribution in [-0.4, -0.2) is 41.6 Å². The number of likely N-dealkylation sites (N-methyl/N-ethyl adjacent to an activating group) is 1. The molecule has 0 heterocycles. The molecule has 5 heteroatoms. The molecule has 2 amide bonds.